The molecule has 0 aromatic heterocycles. The summed E-state index contributed by atoms with van der Waals surface area (Å²) in [7, 11) is -2.87. The summed E-state index contributed by atoms with van der Waals surface area (Å²) in [5, 5.41) is 0. The fraction of sp³-hybridized carbons (Fsp3) is 0.857. The van der Waals surface area contributed by atoms with Gasteiger partial charge in [0.05, 0.1) is 0 Å². The van der Waals surface area contributed by atoms with Crippen LogP contribution in [0.5, 0.6) is 0 Å². The molecule has 0 aliphatic heterocycles. The van der Waals surface area contributed by atoms with Crippen molar-refractivity contribution in [1.82, 2.24) is 0 Å². The molecule has 78 valence electrons. The third kappa shape index (κ3) is 46.7. The zero-order valence-electron chi connectivity index (χ0n) is 7.31. The maximum atomic E-state index is 8.70. The van der Waals surface area contributed by atoms with Crippen molar-refractivity contribution in [2.24, 2.45) is 0 Å². The van der Waals surface area contributed by atoms with Gasteiger partial charge in [-0.25, -0.2) is 0 Å². The summed E-state index contributed by atoms with van der Waals surface area (Å²) in [6, 6.07) is 0. The fourth-order valence-corrected chi connectivity index (χ4v) is 0.604. The monoisotopic (exact) mass is 238 g/mol. The second-order valence-electron chi connectivity index (χ2n) is 2.17. The Morgan fingerprint density at radius 1 is 1.25 bits per heavy atom. The van der Waals surface area contributed by atoms with E-state index in [1.165, 1.54) is 25.7 Å². The first-order chi connectivity index (χ1) is 5.15. The van der Waals surface area contributed by atoms with Gasteiger partial charge in [-0.2, -0.15) is 6.42 Å². The van der Waals surface area contributed by atoms with E-state index in [2.05, 4.69) is 13.8 Å². The average Bonchev–Trinajstić information content (AvgIpc) is 1.88. The SMILES string of the molecule is O=[P+](O)O.[CH2-]CCCCCC.[Ni]. The minimum atomic E-state index is -2.87. The Balaban J connectivity index is -0.000000142. The molecule has 0 rings (SSSR count). The van der Waals surface area contributed by atoms with Gasteiger partial charge in [0.15, 0.2) is 0 Å². The second kappa shape index (κ2) is 17.6. The molecule has 0 fully saturated rings. The third-order valence-corrected chi connectivity index (χ3v) is 1.10. The van der Waals surface area contributed by atoms with Crippen molar-refractivity contribution < 1.29 is 30.8 Å². The Kier molecular flexibility index (Phi) is 26.8. The number of rotatable bonds is 4. The Bertz CT molecular complexity index is 82.7. The summed E-state index contributed by atoms with van der Waals surface area (Å²) in [6.07, 6.45) is 6.52. The van der Waals surface area contributed by atoms with Gasteiger partial charge < -0.3 is 6.92 Å². The van der Waals surface area contributed by atoms with Crippen LogP contribution in [0.25, 0.3) is 0 Å². The van der Waals surface area contributed by atoms with Crippen LogP contribution in [0.2, 0.25) is 0 Å². The molecule has 0 unspecified atom stereocenters. The zero-order valence-corrected chi connectivity index (χ0v) is 9.19. The first-order valence-corrected chi connectivity index (χ1v) is 4.95. The standard InChI is InChI=1S/C7H15.Ni.HO3P/c1-3-5-7-6-4-2;;1-4(2)3/h1,3-7H2,2H3;;(H-,1,2,3)/q-1;;/p+1. The van der Waals surface area contributed by atoms with E-state index >= 15 is 0 Å². The normalized spacial score (nSPS) is 7.67. The van der Waals surface area contributed by atoms with Gasteiger partial charge in [0, 0.05) is 21.1 Å². The molecule has 12 heavy (non-hydrogen) atoms. The minimum absolute atomic E-state index is 0. The zero-order chi connectivity index (χ0) is 9.11. The molecule has 0 aromatic carbocycles. The summed E-state index contributed by atoms with van der Waals surface area (Å²) in [5.41, 5.74) is 0. The maximum Gasteiger partial charge on any atom is 0.692 e. The van der Waals surface area contributed by atoms with E-state index < -0.39 is 8.25 Å². The van der Waals surface area contributed by atoms with E-state index in [0.717, 1.165) is 6.42 Å². The van der Waals surface area contributed by atoms with Crippen LogP contribution in [0.3, 0.4) is 0 Å². The fourth-order valence-electron chi connectivity index (χ4n) is 0.604. The Morgan fingerprint density at radius 3 is 1.92 bits per heavy atom. The largest absolute Gasteiger partial charge is 0.692 e. The van der Waals surface area contributed by atoms with Gasteiger partial charge in [0.2, 0.25) is 0 Å². The summed E-state index contributed by atoms with van der Waals surface area (Å²) in [5.74, 6) is 0. The predicted octanol–water partition coefficient (Wildman–Crippen LogP) is 2.42. The molecule has 0 radical (unpaired) electrons. The molecule has 0 saturated heterocycles. The molecular weight excluding hydrogens is 222 g/mol. The van der Waals surface area contributed by atoms with Crippen LogP contribution >= 0.6 is 8.25 Å². The predicted molar refractivity (Wildman–Crippen MR) is 46.2 cm³/mol. The van der Waals surface area contributed by atoms with E-state index in [0.29, 0.717) is 0 Å². The van der Waals surface area contributed by atoms with Gasteiger partial charge >= 0.3 is 8.25 Å². The first-order valence-electron chi connectivity index (χ1n) is 3.79. The molecule has 0 heterocycles. The van der Waals surface area contributed by atoms with E-state index in [1.54, 1.807) is 0 Å². The molecule has 0 amide bonds. The van der Waals surface area contributed by atoms with Crippen molar-refractivity contribution >= 4 is 8.25 Å². The molecule has 0 aliphatic carbocycles. The molecule has 0 bridgehead atoms. The summed E-state index contributed by atoms with van der Waals surface area (Å²) in [6.45, 7) is 5.98. The summed E-state index contributed by atoms with van der Waals surface area (Å²) < 4.78 is 8.70. The van der Waals surface area contributed by atoms with Crippen molar-refractivity contribution in [3.05, 3.63) is 6.92 Å². The third-order valence-electron chi connectivity index (χ3n) is 1.10. The number of hydrogen-bond acceptors (Lipinski definition) is 1. The van der Waals surface area contributed by atoms with Crippen molar-refractivity contribution in [3.8, 4) is 0 Å². The van der Waals surface area contributed by atoms with Crippen molar-refractivity contribution in [2.45, 2.75) is 39.0 Å². The molecule has 0 saturated carbocycles. The quantitative estimate of drug-likeness (QED) is 0.342. The molecule has 5 heteroatoms. The molecule has 0 aromatic rings. The molecule has 0 atom stereocenters. The summed E-state index contributed by atoms with van der Waals surface area (Å²) >= 11 is 0. The number of unbranched alkanes of at least 4 members (excludes halogenated alkanes) is 4. The van der Waals surface area contributed by atoms with Gasteiger partial charge in [-0.05, 0) is 0 Å². The molecular formula is C7H17NiO3P. The number of hydrogen-bond donors (Lipinski definition) is 2. The molecule has 3 nitrogen and oxygen atoms in total. The van der Waals surface area contributed by atoms with Gasteiger partial charge in [-0.15, -0.1) is 9.79 Å². The first kappa shape index (κ1) is 18.3. The van der Waals surface area contributed by atoms with Crippen molar-refractivity contribution in [3.63, 3.8) is 0 Å². The van der Waals surface area contributed by atoms with Crippen molar-refractivity contribution in [1.29, 1.82) is 0 Å². The van der Waals surface area contributed by atoms with Gasteiger partial charge in [-0.1, -0.05) is 32.6 Å². The molecule has 0 aliphatic rings. The Morgan fingerprint density at radius 2 is 1.67 bits per heavy atom. The van der Waals surface area contributed by atoms with Crippen LogP contribution in [-0.4, -0.2) is 9.79 Å². The van der Waals surface area contributed by atoms with Crippen molar-refractivity contribution in [2.75, 3.05) is 0 Å². The van der Waals surface area contributed by atoms with Crippen LogP contribution in [0.15, 0.2) is 0 Å². The molecule has 0 spiro atoms. The van der Waals surface area contributed by atoms with E-state index in [-0.39, 0.29) is 16.5 Å². The smallest absolute Gasteiger partial charge is 0.343 e. The van der Waals surface area contributed by atoms with Crippen LogP contribution < -0.4 is 0 Å². The van der Waals surface area contributed by atoms with Crippen LogP contribution in [0.4, 0.5) is 0 Å². The van der Waals surface area contributed by atoms with Crippen LogP contribution in [0, 0.1) is 6.92 Å². The van der Waals surface area contributed by atoms with E-state index in [4.69, 9.17) is 14.4 Å². The average molecular weight is 239 g/mol. The van der Waals surface area contributed by atoms with Crippen LogP contribution in [0.1, 0.15) is 39.0 Å². The van der Waals surface area contributed by atoms with E-state index in [9.17, 15) is 0 Å². The topological polar surface area (TPSA) is 57.5 Å². The van der Waals surface area contributed by atoms with Gasteiger partial charge in [-0.3, -0.25) is 0 Å². The van der Waals surface area contributed by atoms with Gasteiger partial charge in [0.1, 0.15) is 0 Å². The summed E-state index contributed by atoms with van der Waals surface area (Å²) in [4.78, 5) is 14.2. The second-order valence-corrected chi connectivity index (χ2v) is 2.67. The Hall–Kier alpha value is 0.514. The maximum absolute atomic E-state index is 8.70. The van der Waals surface area contributed by atoms with Gasteiger partial charge in [0.25, 0.3) is 0 Å². The minimum Gasteiger partial charge on any atom is -0.343 e. The van der Waals surface area contributed by atoms with E-state index in [1.807, 2.05) is 0 Å². The Labute approximate surface area is 85.4 Å². The molecule has 2 N–H and O–H groups in total. The van der Waals surface area contributed by atoms with Crippen LogP contribution in [-0.2, 0) is 21.1 Å².